The minimum atomic E-state index is -1.70. The van der Waals surface area contributed by atoms with E-state index in [9.17, 15) is 18.4 Å². The van der Waals surface area contributed by atoms with Gasteiger partial charge in [-0.2, -0.15) is 0 Å². The molecule has 0 bridgehead atoms. The molecule has 1 fully saturated rings. The quantitative estimate of drug-likeness (QED) is 0.485. The van der Waals surface area contributed by atoms with Crippen LogP contribution < -0.4 is 0 Å². The average Bonchev–Trinajstić information content (AvgIpc) is 3.08. The van der Waals surface area contributed by atoms with Crippen molar-refractivity contribution in [1.29, 1.82) is 0 Å². The summed E-state index contributed by atoms with van der Waals surface area (Å²) in [6.07, 6.45) is -0.898. The van der Waals surface area contributed by atoms with Gasteiger partial charge in [-0.1, -0.05) is 42.5 Å². The zero-order chi connectivity index (χ0) is 23.6. The first kappa shape index (κ1) is 22.4. The third-order valence-corrected chi connectivity index (χ3v) is 5.53. The number of esters is 1. The molecule has 1 saturated heterocycles. The van der Waals surface area contributed by atoms with Gasteiger partial charge in [0.25, 0.3) is 0 Å². The van der Waals surface area contributed by atoms with Crippen LogP contribution in [0.1, 0.15) is 29.7 Å². The van der Waals surface area contributed by atoms with Gasteiger partial charge < -0.3 is 9.47 Å². The Balaban J connectivity index is 1.99. The van der Waals surface area contributed by atoms with Crippen molar-refractivity contribution in [3.8, 4) is 0 Å². The number of ether oxygens (including phenoxy) is 2. The maximum atomic E-state index is 15.1. The number of amides is 1. The van der Waals surface area contributed by atoms with Crippen LogP contribution in [0.5, 0.6) is 0 Å². The standard InChI is InChI=1S/C25H20F3NO4/c1-2-32-22(30)15-29-23(20-5-3-4-6-21(20)28)25(33-24(29)31,16-7-11-18(26)12-8-16)17-9-13-19(27)14-10-17/h3-14,23H,2,15H2,1H3. The van der Waals surface area contributed by atoms with Crippen molar-refractivity contribution >= 4 is 12.1 Å². The molecule has 1 amide bonds. The van der Waals surface area contributed by atoms with Crippen LogP contribution in [-0.2, 0) is 19.9 Å². The number of rotatable bonds is 6. The molecule has 0 radical (unpaired) electrons. The van der Waals surface area contributed by atoms with Crippen LogP contribution in [0.15, 0.2) is 72.8 Å². The summed E-state index contributed by atoms with van der Waals surface area (Å²) >= 11 is 0. The van der Waals surface area contributed by atoms with E-state index >= 15 is 4.39 Å². The van der Waals surface area contributed by atoms with E-state index in [-0.39, 0.29) is 12.2 Å². The molecule has 8 heteroatoms. The summed E-state index contributed by atoms with van der Waals surface area (Å²) in [6.45, 7) is 1.21. The number of cyclic esters (lactones) is 1. The Labute approximate surface area is 188 Å². The monoisotopic (exact) mass is 455 g/mol. The Morgan fingerprint density at radius 2 is 1.48 bits per heavy atom. The van der Waals surface area contributed by atoms with Crippen LogP contribution in [0.3, 0.4) is 0 Å². The van der Waals surface area contributed by atoms with Crippen LogP contribution in [0, 0.1) is 17.5 Å². The molecule has 1 aliphatic rings. The smallest absolute Gasteiger partial charge is 0.412 e. The summed E-state index contributed by atoms with van der Waals surface area (Å²) in [7, 11) is 0. The van der Waals surface area contributed by atoms with Crippen LogP contribution in [-0.4, -0.2) is 30.1 Å². The van der Waals surface area contributed by atoms with Gasteiger partial charge in [-0.05, 0) is 37.3 Å². The van der Waals surface area contributed by atoms with Crippen molar-refractivity contribution in [2.45, 2.75) is 18.6 Å². The third-order valence-electron chi connectivity index (χ3n) is 5.53. The van der Waals surface area contributed by atoms with E-state index in [1.165, 1.54) is 66.7 Å². The van der Waals surface area contributed by atoms with Crippen LogP contribution in [0.2, 0.25) is 0 Å². The minimum Gasteiger partial charge on any atom is -0.465 e. The van der Waals surface area contributed by atoms with Crippen molar-refractivity contribution in [3.05, 3.63) is 107 Å². The number of nitrogens with zero attached hydrogens (tertiary/aromatic N) is 1. The number of hydrogen-bond donors (Lipinski definition) is 0. The van der Waals surface area contributed by atoms with Crippen LogP contribution in [0.25, 0.3) is 0 Å². The largest absolute Gasteiger partial charge is 0.465 e. The first-order valence-corrected chi connectivity index (χ1v) is 10.3. The van der Waals surface area contributed by atoms with Gasteiger partial charge in [0.1, 0.15) is 30.0 Å². The highest BCUT2D eigenvalue weighted by molar-refractivity contribution is 5.81. The normalized spacial score (nSPS) is 17.0. The molecule has 0 N–H and O–H groups in total. The summed E-state index contributed by atoms with van der Waals surface area (Å²) in [5, 5.41) is 0. The lowest BCUT2D eigenvalue weighted by atomic mass is 9.77. The van der Waals surface area contributed by atoms with Gasteiger partial charge in [0.2, 0.25) is 0 Å². The predicted molar refractivity (Wildman–Crippen MR) is 113 cm³/mol. The van der Waals surface area contributed by atoms with E-state index < -0.39 is 47.7 Å². The van der Waals surface area contributed by atoms with E-state index in [1.54, 1.807) is 13.0 Å². The van der Waals surface area contributed by atoms with Crippen molar-refractivity contribution in [2.24, 2.45) is 0 Å². The maximum absolute atomic E-state index is 15.1. The number of carbonyl (C=O) groups is 2. The van der Waals surface area contributed by atoms with Gasteiger partial charge in [-0.25, -0.2) is 18.0 Å². The lowest BCUT2D eigenvalue weighted by Crippen LogP contribution is -2.40. The van der Waals surface area contributed by atoms with Gasteiger partial charge >= 0.3 is 12.1 Å². The summed E-state index contributed by atoms with van der Waals surface area (Å²) in [4.78, 5) is 26.5. The zero-order valence-electron chi connectivity index (χ0n) is 17.6. The number of halogens is 3. The summed E-state index contributed by atoms with van der Waals surface area (Å²) in [5.74, 6) is -2.39. The van der Waals surface area contributed by atoms with Crippen LogP contribution in [0.4, 0.5) is 18.0 Å². The minimum absolute atomic E-state index is 0.0706. The molecule has 3 aromatic carbocycles. The molecule has 1 heterocycles. The molecule has 4 rings (SSSR count). The fourth-order valence-corrected chi connectivity index (χ4v) is 4.16. The highest BCUT2D eigenvalue weighted by Crippen LogP contribution is 2.52. The van der Waals surface area contributed by atoms with Gasteiger partial charge in [-0.3, -0.25) is 9.69 Å². The van der Waals surface area contributed by atoms with Crippen molar-refractivity contribution < 1.29 is 32.2 Å². The summed E-state index contributed by atoms with van der Waals surface area (Å²) in [5.41, 5.74) is -0.985. The molecule has 0 aliphatic carbocycles. The van der Waals surface area contributed by atoms with E-state index in [0.29, 0.717) is 11.1 Å². The van der Waals surface area contributed by atoms with E-state index in [4.69, 9.17) is 9.47 Å². The highest BCUT2D eigenvalue weighted by Gasteiger charge is 2.58. The fraction of sp³-hybridized carbons (Fsp3) is 0.200. The van der Waals surface area contributed by atoms with Gasteiger partial charge in [0.05, 0.1) is 6.61 Å². The molecule has 33 heavy (non-hydrogen) atoms. The zero-order valence-corrected chi connectivity index (χ0v) is 17.6. The second-order valence-electron chi connectivity index (χ2n) is 7.47. The van der Waals surface area contributed by atoms with E-state index in [2.05, 4.69) is 0 Å². The van der Waals surface area contributed by atoms with E-state index in [1.807, 2.05) is 0 Å². The second-order valence-corrected chi connectivity index (χ2v) is 7.47. The van der Waals surface area contributed by atoms with Crippen LogP contribution >= 0.6 is 0 Å². The Bertz CT molecular complexity index is 1120. The second kappa shape index (κ2) is 8.97. The molecule has 0 spiro atoms. The molecule has 3 aromatic rings. The highest BCUT2D eigenvalue weighted by atomic mass is 19.1. The lowest BCUT2D eigenvalue weighted by Gasteiger charge is -2.36. The van der Waals surface area contributed by atoms with E-state index in [0.717, 1.165) is 4.90 Å². The number of hydrogen-bond acceptors (Lipinski definition) is 4. The first-order valence-electron chi connectivity index (χ1n) is 10.3. The molecular formula is C25H20F3NO4. The molecule has 0 saturated carbocycles. The van der Waals surface area contributed by atoms with Gasteiger partial charge in [0, 0.05) is 16.7 Å². The topological polar surface area (TPSA) is 55.8 Å². The summed E-state index contributed by atoms with van der Waals surface area (Å²) in [6, 6.07) is 15.0. The Kier molecular flexibility index (Phi) is 6.09. The van der Waals surface area contributed by atoms with Gasteiger partial charge in [-0.15, -0.1) is 0 Å². The Hall–Kier alpha value is -3.81. The first-order chi connectivity index (χ1) is 15.9. The number of benzene rings is 3. The maximum Gasteiger partial charge on any atom is 0.412 e. The molecule has 0 aromatic heterocycles. The molecule has 1 atom stereocenters. The molecule has 1 unspecified atom stereocenters. The predicted octanol–water partition coefficient (Wildman–Crippen LogP) is 5.10. The molecule has 5 nitrogen and oxygen atoms in total. The Morgan fingerprint density at radius 1 is 0.939 bits per heavy atom. The molecule has 1 aliphatic heterocycles. The summed E-state index contributed by atoms with van der Waals surface area (Å²) < 4.78 is 53.5. The van der Waals surface area contributed by atoms with Gasteiger partial charge in [0.15, 0.2) is 5.60 Å². The lowest BCUT2D eigenvalue weighted by molar-refractivity contribution is -0.144. The fourth-order valence-electron chi connectivity index (χ4n) is 4.16. The SMILES string of the molecule is CCOC(=O)CN1C(=O)OC(c2ccc(F)cc2)(c2ccc(F)cc2)C1c1ccccc1F. The average molecular weight is 455 g/mol. The third kappa shape index (κ3) is 4.04. The molecular weight excluding hydrogens is 435 g/mol. The van der Waals surface area contributed by atoms with Crippen molar-refractivity contribution in [2.75, 3.05) is 13.2 Å². The number of carbonyl (C=O) groups excluding carboxylic acids is 2. The van der Waals surface area contributed by atoms with Crippen molar-refractivity contribution in [1.82, 2.24) is 4.90 Å². The molecule has 170 valence electrons. The Morgan fingerprint density at radius 3 is 2.00 bits per heavy atom. The van der Waals surface area contributed by atoms with Crippen molar-refractivity contribution in [3.63, 3.8) is 0 Å².